The number of thioether (sulfide) groups is 1. The van der Waals surface area contributed by atoms with Gasteiger partial charge >= 0.3 is 5.97 Å². The molecule has 1 amide bonds. The molecule has 0 saturated heterocycles. The third-order valence-electron chi connectivity index (χ3n) is 2.34. The summed E-state index contributed by atoms with van der Waals surface area (Å²) in [6.07, 6.45) is 4.94. The number of pyridine rings is 1. The van der Waals surface area contributed by atoms with Gasteiger partial charge in [0.15, 0.2) is 0 Å². The van der Waals surface area contributed by atoms with Gasteiger partial charge in [-0.1, -0.05) is 6.08 Å². The van der Waals surface area contributed by atoms with E-state index in [-0.39, 0.29) is 18.2 Å². The molecule has 0 saturated carbocycles. The number of nitrogens with zero attached hydrogens (tertiary/aromatic N) is 2. The SMILES string of the molecule is C=CCN(CC(=O)OCC)C(=O)CSc1ccncc1. The van der Waals surface area contributed by atoms with Gasteiger partial charge in [0.25, 0.3) is 0 Å². The lowest BCUT2D eigenvalue weighted by Gasteiger charge is -2.19. The third-order valence-corrected chi connectivity index (χ3v) is 3.34. The number of ether oxygens (including phenoxy) is 1. The van der Waals surface area contributed by atoms with E-state index in [9.17, 15) is 9.59 Å². The Morgan fingerprint density at radius 3 is 2.75 bits per heavy atom. The number of rotatable bonds is 8. The molecular weight excluding hydrogens is 276 g/mol. The normalized spacial score (nSPS) is 9.85. The molecule has 0 spiro atoms. The van der Waals surface area contributed by atoms with E-state index < -0.39 is 5.97 Å². The molecule has 0 aliphatic heterocycles. The number of hydrogen-bond donors (Lipinski definition) is 0. The van der Waals surface area contributed by atoms with Crippen LogP contribution in [0.15, 0.2) is 42.1 Å². The highest BCUT2D eigenvalue weighted by Crippen LogP contribution is 2.16. The van der Waals surface area contributed by atoms with E-state index in [2.05, 4.69) is 11.6 Å². The van der Waals surface area contributed by atoms with E-state index in [0.29, 0.717) is 13.2 Å². The lowest BCUT2D eigenvalue weighted by atomic mass is 10.4. The van der Waals surface area contributed by atoms with Crippen molar-refractivity contribution in [2.45, 2.75) is 11.8 Å². The number of aromatic nitrogens is 1. The monoisotopic (exact) mass is 294 g/mol. The highest BCUT2D eigenvalue weighted by molar-refractivity contribution is 8.00. The van der Waals surface area contributed by atoms with Crippen LogP contribution in [0.4, 0.5) is 0 Å². The van der Waals surface area contributed by atoms with Crippen LogP contribution in [0, 0.1) is 0 Å². The molecule has 0 fully saturated rings. The first-order valence-corrected chi connectivity index (χ1v) is 7.23. The van der Waals surface area contributed by atoms with E-state index in [4.69, 9.17) is 4.74 Å². The highest BCUT2D eigenvalue weighted by atomic mass is 32.2. The lowest BCUT2D eigenvalue weighted by Crippen LogP contribution is -2.37. The fraction of sp³-hybridized carbons (Fsp3) is 0.357. The minimum atomic E-state index is -0.406. The number of carbonyl (C=O) groups excluding carboxylic acids is 2. The van der Waals surface area contributed by atoms with Crippen molar-refractivity contribution in [3.8, 4) is 0 Å². The van der Waals surface area contributed by atoms with Crippen molar-refractivity contribution in [3.05, 3.63) is 37.2 Å². The molecule has 1 aromatic heterocycles. The zero-order chi connectivity index (χ0) is 14.8. The van der Waals surface area contributed by atoms with Crippen molar-refractivity contribution in [2.24, 2.45) is 0 Å². The largest absolute Gasteiger partial charge is 0.465 e. The Morgan fingerprint density at radius 2 is 2.15 bits per heavy atom. The molecule has 0 aliphatic rings. The molecule has 0 N–H and O–H groups in total. The quantitative estimate of drug-likeness (QED) is 0.415. The molecule has 0 aromatic carbocycles. The standard InChI is InChI=1S/C14H18N2O3S/c1-3-9-16(10-14(18)19-4-2)13(17)11-20-12-5-7-15-8-6-12/h3,5-8H,1,4,9-11H2,2H3. The number of esters is 1. The van der Waals surface area contributed by atoms with Gasteiger partial charge in [0.1, 0.15) is 6.54 Å². The first-order valence-electron chi connectivity index (χ1n) is 6.24. The Balaban J connectivity index is 2.51. The van der Waals surface area contributed by atoms with Gasteiger partial charge in [0, 0.05) is 23.8 Å². The molecule has 20 heavy (non-hydrogen) atoms. The summed E-state index contributed by atoms with van der Waals surface area (Å²) in [4.78, 5) is 29.8. The zero-order valence-corrected chi connectivity index (χ0v) is 12.3. The van der Waals surface area contributed by atoms with Crippen LogP contribution in [-0.4, -0.2) is 47.2 Å². The second-order valence-electron chi connectivity index (χ2n) is 3.84. The van der Waals surface area contributed by atoms with E-state index in [1.807, 2.05) is 12.1 Å². The van der Waals surface area contributed by atoms with Crippen LogP contribution < -0.4 is 0 Å². The highest BCUT2D eigenvalue weighted by Gasteiger charge is 2.16. The maximum absolute atomic E-state index is 12.1. The van der Waals surface area contributed by atoms with Gasteiger partial charge in [-0.2, -0.15) is 0 Å². The Kier molecular flexibility index (Phi) is 7.42. The van der Waals surface area contributed by atoms with Crippen molar-refractivity contribution in [3.63, 3.8) is 0 Å². The van der Waals surface area contributed by atoms with Crippen LogP contribution in [0.1, 0.15) is 6.92 Å². The smallest absolute Gasteiger partial charge is 0.325 e. The Labute approximate surface area is 123 Å². The predicted molar refractivity (Wildman–Crippen MR) is 78.4 cm³/mol. The van der Waals surface area contributed by atoms with Gasteiger partial charge in [0.2, 0.25) is 5.91 Å². The molecule has 5 nitrogen and oxygen atoms in total. The number of carbonyl (C=O) groups is 2. The molecule has 0 bridgehead atoms. The van der Waals surface area contributed by atoms with Gasteiger partial charge in [-0.3, -0.25) is 14.6 Å². The van der Waals surface area contributed by atoms with Crippen molar-refractivity contribution >= 4 is 23.6 Å². The Bertz CT molecular complexity index is 451. The van der Waals surface area contributed by atoms with Gasteiger partial charge in [-0.25, -0.2) is 0 Å². The second-order valence-corrected chi connectivity index (χ2v) is 4.89. The fourth-order valence-electron chi connectivity index (χ4n) is 1.44. The van der Waals surface area contributed by atoms with Crippen LogP contribution in [0.5, 0.6) is 0 Å². The lowest BCUT2D eigenvalue weighted by molar-refractivity contribution is -0.147. The van der Waals surface area contributed by atoms with Gasteiger partial charge < -0.3 is 9.64 Å². The van der Waals surface area contributed by atoms with E-state index in [1.165, 1.54) is 16.7 Å². The van der Waals surface area contributed by atoms with Crippen LogP contribution >= 0.6 is 11.8 Å². The molecule has 0 atom stereocenters. The van der Waals surface area contributed by atoms with Crippen molar-refractivity contribution in [1.29, 1.82) is 0 Å². The molecule has 1 rings (SSSR count). The molecule has 0 unspecified atom stereocenters. The Hall–Kier alpha value is -1.82. The maximum Gasteiger partial charge on any atom is 0.325 e. The second kappa shape index (κ2) is 9.14. The maximum atomic E-state index is 12.1. The molecular formula is C14H18N2O3S. The summed E-state index contributed by atoms with van der Waals surface area (Å²) < 4.78 is 4.85. The fourth-order valence-corrected chi connectivity index (χ4v) is 2.23. The first-order chi connectivity index (χ1) is 9.67. The summed E-state index contributed by atoms with van der Waals surface area (Å²) in [6, 6.07) is 3.67. The number of hydrogen-bond acceptors (Lipinski definition) is 5. The minimum Gasteiger partial charge on any atom is -0.465 e. The molecule has 0 radical (unpaired) electrons. The summed E-state index contributed by atoms with van der Waals surface area (Å²) in [7, 11) is 0. The summed E-state index contributed by atoms with van der Waals surface area (Å²) in [5.41, 5.74) is 0. The summed E-state index contributed by atoms with van der Waals surface area (Å²) in [5, 5.41) is 0. The average Bonchev–Trinajstić information content (AvgIpc) is 2.45. The van der Waals surface area contributed by atoms with E-state index in [0.717, 1.165) is 4.90 Å². The molecule has 1 heterocycles. The summed E-state index contributed by atoms with van der Waals surface area (Å²) in [6.45, 7) is 5.91. The van der Waals surface area contributed by atoms with Crippen molar-refractivity contribution in [2.75, 3.05) is 25.4 Å². The first kappa shape index (κ1) is 16.2. The predicted octanol–water partition coefficient (Wildman–Crippen LogP) is 1.75. The van der Waals surface area contributed by atoms with Gasteiger partial charge in [-0.05, 0) is 19.1 Å². The van der Waals surface area contributed by atoms with Crippen LogP contribution in [0.2, 0.25) is 0 Å². The summed E-state index contributed by atoms with van der Waals surface area (Å²) >= 11 is 1.41. The topological polar surface area (TPSA) is 59.5 Å². The molecule has 108 valence electrons. The van der Waals surface area contributed by atoms with Crippen LogP contribution in [0.25, 0.3) is 0 Å². The van der Waals surface area contributed by atoms with Gasteiger partial charge in [0.05, 0.1) is 12.4 Å². The number of amides is 1. The molecule has 1 aromatic rings. The minimum absolute atomic E-state index is 0.0460. The van der Waals surface area contributed by atoms with Crippen molar-refractivity contribution < 1.29 is 14.3 Å². The summed E-state index contributed by atoms with van der Waals surface area (Å²) in [5.74, 6) is -0.270. The Morgan fingerprint density at radius 1 is 1.45 bits per heavy atom. The van der Waals surface area contributed by atoms with Gasteiger partial charge in [-0.15, -0.1) is 18.3 Å². The third kappa shape index (κ3) is 5.88. The van der Waals surface area contributed by atoms with E-state index in [1.54, 1.807) is 25.4 Å². The van der Waals surface area contributed by atoms with Crippen LogP contribution in [-0.2, 0) is 14.3 Å². The van der Waals surface area contributed by atoms with Crippen molar-refractivity contribution in [1.82, 2.24) is 9.88 Å². The molecule has 6 heteroatoms. The molecule has 0 aliphatic carbocycles. The average molecular weight is 294 g/mol. The van der Waals surface area contributed by atoms with E-state index >= 15 is 0 Å². The van der Waals surface area contributed by atoms with Crippen LogP contribution in [0.3, 0.4) is 0 Å². The zero-order valence-electron chi connectivity index (χ0n) is 11.4.